The van der Waals surface area contributed by atoms with E-state index in [4.69, 9.17) is 4.74 Å². The maximum Gasteiger partial charge on any atom is 0.291 e. The van der Waals surface area contributed by atoms with Gasteiger partial charge in [0.05, 0.1) is 12.3 Å². The molecule has 2 aromatic carbocycles. The van der Waals surface area contributed by atoms with Crippen LogP contribution in [0.15, 0.2) is 54.6 Å². The molecule has 0 aliphatic heterocycles. The first-order chi connectivity index (χ1) is 14.2. The molecule has 1 saturated carbocycles. The summed E-state index contributed by atoms with van der Waals surface area (Å²) < 4.78 is 7.25. The molecule has 1 aliphatic rings. The standard InChI is InChI=1S/C23H26N4O2/c1-2-29-20-15-13-19(14-16-20)27-22(17-9-5-3-6-10-17)25-21(26-27)23(28)24-18-11-7-4-8-12-18/h3,5-6,9-10,13-16,18H,2,4,7-8,11-12H2,1H3,(H,24,28). The third-order valence-corrected chi connectivity index (χ3v) is 5.17. The summed E-state index contributed by atoms with van der Waals surface area (Å²) in [6, 6.07) is 17.7. The van der Waals surface area contributed by atoms with Crippen molar-refractivity contribution in [3.05, 3.63) is 60.4 Å². The molecule has 1 heterocycles. The average Bonchev–Trinajstić information content (AvgIpc) is 3.22. The minimum absolute atomic E-state index is 0.198. The van der Waals surface area contributed by atoms with E-state index in [9.17, 15) is 4.79 Å². The highest BCUT2D eigenvalue weighted by molar-refractivity contribution is 5.91. The van der Waals surface area contributed by atoms with Crippen LogP contribution in [0.25, 0.3) is 17.1 Å². The third kappa shape index (κ3) is 4.47. The molecule has 4 rings (SSSR count). The van der Waals surface area contributed by atoms with Crippen LogP contribution < -0.4 is 10.1 Å². The Hall–Kier alpha value is -3.15. The van der Waals surface area contributed by atoms with Gasteiger partial charge in [0.1, 0.15) is 5.75 Å². The van der Waals surface area contributed by atoms with Gasteiger partial charge in [-0.25, -0.2) is 9.67 Å². The number of rotatable bonds is 6. The fourth-order valence-corrected chi connectivity index (χ4v) is 3.71. The van der Waals surface area contributed by atoms with E-state index in [1.54, 1.807) is 4.68 Å². The lowest BCUT2D eigenvalue weighted by Gasteiger charge is -2.21. The van der Waals surface area contributed by atoms with Crippen LogP contribution in [0, 0.1) is 0 Å². The summed E-state index contributed by atoms with van der Waals surface area (Å²) in [7, 11) is 0. The van der Waals surface area contributed by atoms with Crippen LogP contribution >= 0.6 is 0 Å². The van der Waals surface area contributed by atoms with Crippen LogP contribution in [0.1, 0.15) is 49.6 Å². The van der Waals surface area contributed by atoms with Crippen molar-refractivity contribution in [3.63, 3.8) is 0 Å². The van der Waals surface area contributed by atoms with Crippen LogP contribution in [0.5, 0.6) is 5.75 Å². The normalized spacial score (nSPS) is 14.5. The maximum atomic E-state index is 12.8. The molecule has 1 fully saturated rings. The van der Waals surface area contributed by atoms with Crippen molar-refractivity contribution < 1.29 is 9.53 Å². The van der Waals surface area contributed by atoms with Gasteiger partial charge in [-0.15, -0.1) is 5.10 Å². The summed E-state index contributed by atoms with van der Waals surface area (Å²) >= 11 is 0. The monoisotopic (exact) mass is 390 g/mol. The van der Waals surface area contributed by atoms with Gasteiger partial charge in [-0.1, -0.05) is 49.6 Å². The molecule has 6 heteroatoms. The minimum Gasteiger partial charge on any atom is -0.494 e. The van der Waals surface area contributed by atoms with Gasteiger partial charge in [0.25, 0.3) is 5.91 Å². The molecule has 0 atom stereocenters. The maximum absolute atomic E-state index is 12.8. The highest BCUT2D eigenvalue weighted by atomic mass is 16.5. The van der Waals surface area contributed by atoms with Crippen molar-refractivity contribution in [2.75, 3.05) is 6.61 Å². The van der Waals surface area contributed by atoms with Crippen molar-refractivity contribution in [2.45, 2.75) is 45.1 Å². The van der Waals surface area contributed by atoms with E-state index in [0.717, 1.165) is 42.7 Å². The Kier molecular flexibility index (Phi) is 5.89. The molecule has 1 aromatic heterocycles. The molecule has 150 valence electrons. The van der Waals surface area contributed by atoms with Gasteiger partial charge >= 0.3 is 0 Å². The third-order valence-electron chi connectivity index (χ3n) is 5.17. The van der Waals surface area contributed by atoms with E-state index < -0.39 is 0 Å². The number of ether oxygens (including phenoxy) is 1. The van der Waals surface area contributed by atoms with E-state index in [1.165, 1.54) is 6.42 Å². The second kappa shape index (κ2) is 8.90. The lowest BCUT2D eigenvalue weighted by molar-refractivity contribution is 0.0917. The molecule has 6 nitrogen and oxygen atoms in total. The van der Waals surface area contributed by atoms with Gasteiger partial charge in [-0.2, -0.15) is 0 Å². The number of nitrogens with zero attached hydrogens (tertiary/aromatic N) is 3. The van der Waals surface area contributed by atoms with Gasteiger partial charge in [0.2, 0.25) is 5.82 Å². The molecular weight excluding hydrogens is 364 g/mol. The SMILES string of the molecule is CCOc1ccc(-n2nc(C(=O)NC3CCCCC3)nc2-c2ccccc2)cc1. The summed E-state index contributed by atoms with van der Waals surface area (Å²) in [6.07, 6.45) is 5.62. The summed E-state index contributed by atoms with van der Waals surface area (Å²) in [5.74, 6) is 1.43. The summed E-state index contributed by atoms with van der Waals surface area (Å²) in [4.78, 5) is 17.4. The molecule has 3 aromatic rings. The molecule has 29 heavy (non-hydrogen) atoms. The zero-order valence-corrected chi connectivity index (χ0v) is 16.7. The highest BCUT2D eigenvalue weighted by Crippen LogP contribution is 2.23. The van der Waals surface area contributed by atoms with Gasteiger partial charge in [0.15, 0.2) is 5.82 Å². The molecule has 0 saturated heterocycles. The van der Waals surface area contributed by atoms with E-state index in [2.05, 4.69) is 15.4 Å². The van der Waals surface area contributed by atoms with E-state index in [1.807, 2.05) is 61.5 Å². The average molecular weight is 390 g/mol. The largest absolute Gasteiger partial charge is 0.494 e. The summed E-state index contributed by atoms with van der Waals surface area (Å²) in [6.45, 7) is 2.57. The van der Waals surface area contributed by atoms with Gasteiger partial charge < -0.3 is 10.1 Å². The molecule has 0 radical (unpaired) electrons. The first-order valence-corrected chi connectivity index (χ1v) is 10.3. The number of nitrogens with one attached hydrogen (secondary N) is 1. The zero-order valence-electron chi connectivity index (χ0n) is 16.7. The quantitative estimate of drug-likeness (QED) is 0.677. The van der Waals surface area contributed by atoms with Crippen LogP contribution in [0.3, 0.4) is 0 Å². The van der Waals surface area contributed by atoms with Crippen LogP contribution in [-0.4, -0.2) is 33.3 Å². The lowest BCUT2D eigenvalue weighted by Crippen LogP contribution is -2.36. The second-order valence-electron chi connectivity index (χ2n) is 7.27. The first kappa shape index (κ1) is 19.2. The Morgan fingerprint density at radius 2 is 1.79 bits per heavy atom. The van der Waals surface area contributed by atoms with Crippen molar-refractivity contribution in [3.8, 4) is 22.8 Å². The molecule has 0 spiro atoms. The van der Waals surface area contributed by atoms with Crippen molar-refractivity contribution in [1.29, 1.82) is 0 Å². The lowest BCUT2D eigenvalue weighted by atomic mass is 9.95. The predicted octanol–water partition coefficient (Wildman–Crippen LogP) is 4.40. The van der Waals surface area contributed by atoms with Crippen molar-refractivity contribution >= 4 is 5.91 Å². The van der Waals surface area contributed by atoms with Gasteiger partial charge in [-0.05, 0) is 44.0 Å². The van der Waals surface area contributed by atoms with E-state index >= 15 is 0 Å². The Morgan fingerprint density at radius 3 is 2.48 bits per heavy atom. The van der Waals surface area contributed by atoms with Crippen LogP contribution in [0.4, 0.5) is 0 Å². The van der Waals surface area contributed by atoms with Crippen molar-refractivity contribution in [2.24, 2.45) is 0 Å². The van der Waals surface area contributed by atoms with Crippen LogP contribution in [0.2, 0.25) is 0 Å². The number of hydrogen-bond donors (Lipinski definition) is 1. The predicted molar refractivity (Wildman–Crippen MR) is 112 cm³/mol. The first-order valence-electron chi connectivity index (χ1n) is 10.3. The van der Waals surface area contributed by atoms with Crippen molar-refractivity contribution in [1.82, 2.24) is 20.1 Å². The van der Waals surface area contributed by atoms with Gasteiger partial charge in [0, 0.05) is 11.6 Å². The summed E-state index contributed by atoms with van der Waals surface area (Å²) in [5.41, 5.74) is 1.74. The molecule has 0 unspecified atom stereocenters. The summed E-state index contributed by atoms with van der Waals surface area (Å²) in [5, 5.41) is 7.66. The smallest absolute Gasteiger partial charge is 0.291 e. The number of carbonyl (C=O) groups excluding carboxylic acids is 1. The molecular formula is C23H26N4O2. The Morgan fingerprint density at radius 1 is 1.07 bits per heavy atom. The number of amides is 1. The van der Waals surface area contributed by atoms with E-state index in [0.29, 0.717) is 12.4 Å². The molecule has 1 aliphatic carbocycles. The molecule has 1 N–H and O–H groups in total. The van der Waals surface area contributed by atoms with Gasteiger partial charge in [-0.3, -0.25) is 4.79 Å². The number of carbonyl (C=O) groups is 1. The zero-order chi connectivity index (χ0) is 20.1. The number of benzene rings is 2. The second-order valence-corrected chi connectivity index (χ2v) is 7.27. The fraction of sp³-hybridized carbons (Fsp3) is 0.348. The number of aromatic nitrogens is 3. The Balaban J connectivity index is 1.66. The van der Waals surface area contributed by atoms with E-state index in [-0.39, 0.29) is 17.8 Å². The molecule has 1 amide bonds. The topological polar surface area (TPSA) is 69.0 Å². The number of hydrogen-bond acceptors (Lipinski definition) is 4. The van der Waals surface area contributed by atoms with Crippen LogP contribution in [-0.2, 0) is 0 Å². The Bertz CT molecular complexity index is 945. The minimum atomic E-state index is -0.209. The Labute approximate surface area is 170 Å². The molecule has 0 bridgehead atoms. The fourth-order valence-electron chi connectivity index (χ4n) is 3.71. The highest BCUT2D eigenvalue weighted by Gasteiger charge is 2.22.